The number of hydrogen-bond donors (Lipinski definition) is 0. The third-order valence-corrected chi connectivity index (χ3v) is 12.6. The van der Waals surface area contributed by atoms with Crippen LogP contribution < -0.4 is 0 Å². The molecule has 61 heavy (non-hydrogen) atoms. The van der Waals surface area contributed by atoms with E-state index in [0.717, 1.165) is 57.8 Å². The van der Waals surface area contributed by atoms with Crippen LogP contribution in [0.3, 0.4) is 0 Å². The van der Waals surface area contributed by atoms with Gasteiger partial charge < -0.3 is 14.2 Å². The molecule has 0 unspecified atom stereocenters. The van der Waals surface area contributed by atoms with Crippen molar-refractivity contribution in [2.75, 3.05) is 13.2 Å². The zero-order chi connectivity index (χ0) is 44.4. The molecule has 0 fully saturated rings. The highest BCUT2D eigenvalue weighted by Crippen LogP contribution is 2.17. The normalized spacial score (nSPS) is 11.9. The number of unbranched alkanes of at least 4 members (excludes halogenated alkanes) is 40. The van der Waals surface area contributed by atoms with Gasteiger partial charge in [0.2, 0.25) is 0 Å². The van der Waals surface area contributed by atoms with E-state index in [1.807, 2.05) is 0 Å². The highest BCUT2D eigenvalue weighted by molar-refractivity contribution is 5.71. The molecule has 0 heterocycles. The third-order valence-electron chi connectivity index (χ3n) is 12.6. The van der Waals surface area contributed by atoms with Gasteiger partial charge in [0.1, 0.15) is 13.2 Å². The largest absolute Gasteiger partial charge is 0.462 e. The lowest BCUT2D eigenvalue weighted by Gasteiger charge is -2.18. The Kier molecular flexibility index (Phi) is 49.7. The van der Waals surface area contributed by atoms with Gasteiger partial charge in [0, 0.05) is 19.3 Å². The molecule has 0 spiro atoms. The van der Waals surface area contributed by atoms with Crippen LogP contribution in [0.4, 0.5) is 0 Å². The van der Waals surface area contributed by atoms with Crippen molar-refractivity contribution in [3.63, 3.8) is 0 Å². The first kappa shape index (κ1) is 59.4. The average molecular weight is 863 g/mol. The van der Waals surface area contributed by atoms with E-state index in [2.05, 4.69) is 20.8 Å². The molecule has 0 aromatic carbocycles. The maximum atomic E-state index is 12.8. The van der Waals surface area contributed by atoms with Crippen molar-refractivity contribution < 1.29 is 28.6 Å². The molecule has 362 valence electrons. The number of rotatable bonds is 51. The molecular weight excluding hydrogens is 757 g/mol. The van der Waals surface area contributed by atoms with Gasteiger partial charge in [-0.3, -0.25) is 14.4 Å². The van der Waals surface area contributed by atoms with E-state index in [-0.39, 0.29) is 31.1 Å². The first-order chi connectivity index (χ1) is 30.0. The van der Waals surface area contributed by atoms with E-state index < -0.39 is 6.10 Å². The van der Waals surface area contributed by atoms with Crippen LogP contribution in [0.1, 0.15) is 316 Å². The van der Waals surface area contributed by atoms with Crippen molar-refractivity contribution in [3.05, 3.63) is 0 Å². The molecule has 6 nitrogen and oxygen atoms in total. The molecule has 0 N–H and O–H groups in total. The van der Waals surface area contributed by atoms with Crippen LogP contribution in [0.25, 0.3) is 0 Å². The molecule has 0 aliphatic carbocycles. The lowest BCUT2D eigenvalue weighted by molar-refractivity contribution is -0.167. The number of carbonyl (C=O) groups is 3. The SMILES string of the molecule is CCCCCCCCCCCCCCCCCCCC(=O)OC[C@H](COC(=O)CCCCCCCCCCC)OC(=O)CCCCCCCCCCCCCCCCCCC. The van der Waals surface area contributed by atoms with Crippen molar-refractivity contribution in [2.45, 2.75) is 322 Å². The van der Waals surface area contributed by atoms with Crippen LogP contribution >= 0.6 is 0 Å². The van der Waals surface area contributed by atoms with Crippen LogP contribution in [0.5, 0.6) is 0 Å². The van der Waals surface area contributed by atoms with E-state index >= 15 is 0 Å². The molecule has 0 aliphatic rings. The standard InChI is InChI=1S/C55H106O6/c1-4-7-10-13-16-19-21-23-25-27-29-31-33-36-39-42-45-48-54(57)60-51-52(50-59-53(56)47-44-41-38-35-18-15-12-9-6-3)61-55(58)49-46-43-40-37-34-32-30-28-26-24-22-20-17-14-11-8-5-2/h52H,4-51H2,1-3H3/t52-/m0/s1. The Bertz CT molecular complexity index is 905. The predicted molar refractivity (Wildman–Crippen MR) is 261 cm³/mol. The Morgan fingerprint density at radius 1 is 0.262 bits per heavy atom. The average Bonchev–Trinajstić information content (AvgIpc) is 3.26. The van der Waals surface area contributed by atoms with Gasteiger partial charge >= 0.3 is 17.9 Å². The lowest BCUT2D eigenvalue weighted by Crippen LogP contribution is -2.30. The highest BCUT2D eigenvalue weighted by Gasteiger charge is 2.19. The van der Waals surface area contributed by atoms with Crippen molar-refractivity contribution in [2.24, 2.45) is 0 Å². The molecule has 0 amide bonds. The zero-order valence-corrected chi connectivity index (χ0v) is 41.5. The number of esters is 3. The zero-order valence-electron chi connectivity index (χ0n) is 41.5. The number of ether oxygens (including phenoxy) is 3. The Morgan fingerprint density at radius 3 is 0.656 bits per heavy atom. The van der Waals surface area contributed by atoms with Gasteiger partial charge in [-0.1, -0.05) is 278 Å². The van der Waals surface area contributed by atoms with E-state index in [1.165, 1.54) is 218 Å². The summed E-state index contributed by atoms with van der Waals surface area (Å²) in [6.07, 6.45) is 55.2. The van der Waals surface area contributed by atoms with Crippen molar-refractivity contribution in [1.29, 1.82) is 0 Å². The summed E-state index contributed by atoms with van der Waals surface area (Å²) in [5.41, 5.74) is 0. The van der Waals surface area contributed by atoms with Gasteiger partial charge in [-0.25, -0.2) is 0 Å². The second kappa shape index (κ2) is 51.0. The summed E-state index contributed by atoms with van der Waals surface area (Å²) in [5, 5.41) is 0. The fourth-order valence-electron chi connectivity index (χ4n) is 8.45. The first-order valence-corrected chi connectivity index (χ1v) is 27.5. The van der Waals surface area contributed by atoms with Crippen LogP contribution in [-0.2, 0) is 28.6 Å². The maximum absolute atomic E-state index is 12.8. The summed E-state index contributed by atoms with van der Waals surface area (Å²) in [7, 11) is 0. The van der Waals surface area contributed by atoms with Gasteiger partial charge in [0.25, 0.3) is 0 Å². The fraction of sp³-hybridized carbons (Fsp3) is 0.945. The van der Waals surface area contributed by atoms with E-state index in [4.69, 9.17) is 14.2 Å². The highest BCUT2D eigenvalue weighted by atomic mass is 16.6. The summed E-state index contributed by atoms with van der Waals surface area (Å²) in [5.74, 6) is -0.839. The smallest absolute Gasteiger partial charge is 0.306 e. The van der Waals surface area contributed by atoms with Gasteiger partial charge in [-0.15, -0.1) is 0 Å². The van der Waals surface area contributed by atoms with Gasteiger partial charge in [0.15, 0.2) is 6.10 Å². The Morgan fingerprint density at radius 2 is 0.443 bits per heavy atom. The van der Waals surface area contributed by atoms with Crippen molar-refractivity contribution in [3.8, 4) is 0 Å². The Balaban J connectivity index is 4.22. The molecule has 1 atom stereocenters. The Labute approximate surface area is 380 Å². The summed E-state index contributed by atoms with van der Waals surface area (Å²) in [6.45, 7) is 6.68. The summed E-state index contributed by atoms with van der Waals surface area (Å²) in [4.78, 5) is 37.9. The molecule has 0 radical (unpaired) electrons. The van der Waals surface area contributed by atoms with E-state index in [1.54, 1.807) is 0 Å². The monoisotopic (exact) mass is 863 g/mol. The molecular formula is C55H106O6. The maximum Gasteiger partial charge on any atom is 0.306 e. The first-order valence-electron chi connectivity index (χ1n) is 27.5. The Hall–Kier alpha value is -1.59. The minimum atomic E-state index is -0.759. The van der Waals surface area contributed by atoms with E-state index in [0.29, 0.717) is 19.3 Å². The van der Waals surface area contributed by atoms with Crippen LogP contribution in [0.15, 0.2) is 0 Å². The minimum Gasteiger partial charge on any atom is -0.462 e. The van der Waals surface area contributed by atoms with Crippen LogP contribution in [-0.4, -0.2) is 37.2 Å². The second-order valence-electron chi connectivity index (χ2n) is 18.9. The molecule has 0 saturated heterocycles. The van der Waals surface area contributed by atoms with Crippen LogP contribution in [0, 0.1) is 0 Å². The molecule has 0 aromatic rings. The molecule has 6 heteroatoms. The molecule has 0 bridgehead atoms. The van der Waals surface area contributed by atoms with Gasteiger partial charge in [0.05, 0.1) is 0 Å². The third kappa shape index (κ3) is 49.3. The van der Waals surface area contributed by atoms with Crippen molar-refractivity contribution in [1.82, 2.24) is 0 Å². The fourth-order valence-corrected chi connectivity index (χ4v) is 8.45. The van der Waals surface area contributed by atoms with Crippen LogP contribution in [0.2, 0.25) is 0 Å². The van der Waals surface area contributed by atoms with Crippen molar-refractivity contribution >= 4 is 17.9 Å². The summed E-state index contributed by atoms with van der Waals surface area (Å²) >= 11 is 0. The molecule has 0 saturated carbocycles. The second-order valence-corrected chi connectivity index (χ2v) is 18.9. The number of carbonyl (C=O) groups excluding carboxylic acids is 3. The number of hydrogen-bond acceptors (Lipinski definition) is 6. The quantitative estimate of drug-likeness (QED) is 0.0344. The molecule has 0 aliphatic heterocycles. The summed E-state index contributed by atoms with van der Waals surface area (Å²) < 4.78 is 16.8. The summed E-state index contributed by atoms with van der Waals surface area (Å²) in [6, 6.07) is 0. The van der Waals surface area contributed by atoms with Gasteiger partial charge in [-0.05, 0) is 19.3 Å². The molecule has 0 rings (SSSR count). The molecule has 0 aromatic heterocycles. The predicted octanol–water partition coefficient (Wildman–Crippen LogP) is 18.0. The topological polar surface area (TPSA) is 78.9 Å². The van der Waals surface area contributed by atoms with E-state index in [9.17, 15) is 14.4 Å². The lowest BCUT2D eigenvalue weighted by atomic mass is 10.0. The van der Waals surface area contributed by atoms with Gasteiger partial charge in [-0.2, -0.15) is 0 Å². The minimum absolute atomic E-state index is 0.0616.